The van der Waals surface area contributed by atoms with Gasteiger partial charge < -0.3 is 11.1 Å². The van der Waals surface area contributed by atoms with Gasteiger partial charge in [-0.1, -0.05) is 0 Å². The molecule has 4 N–H and O–H groups in total. The molecule has 1 atom stereocenters. The largest absolute Gasteiger partial charge is 0.327 e. The summed E-state index contributed by atoms with van der Waals surface area (Å²) in [6.07, 6.45) is 3.77. The van der Waals surface area contributed by atoms with Gasteiger partial charge in [0.25, 0.3) is 5.91 Å². The summed E-state index contributed by atoms with van der Waals surface area (Å²) >= 11 is 1.51. The van der Waals surface area contributed by atoms with Crippen molar-refractivity contribution in [3.8, 4) is 0 Å². The molecule has 1 aromatic heterocycles. The number of hydrogen-bond acceptors (Lipinski definition) is 5. The molecular weight excluding hydrogens is 324 g/mol. The van der Waals surface area contributed by atoms with Crippen molar-refractivity contribution in [2.24, 2.45) is 5.73 Å². The number of benzene rings is 1. The summed E-state index contributed by atoms with van der Waals surface area (Å²) in [7, 11) is 0. The summed E-state index contributed by atoms with van der Waals surface area (Å²) in [5, 5.41) is 6.34. The van der Waals surface area contributed by atoms with Crippen LogP contribution in [0.15, 0.2) is 18.2 Å². The highest BCUT2D eigenvalue weighted by Crippen LogP contribution is 2.30. The molecule has 0 fully saturated rings. The van der Waals surface area contributed by atoms with E-state index >= 15 is 0 Å². The predicted octanol–water partition coefficient (Wildman–Crippen LogP) is 2.10. The second kappa shape index (κ2) is 5.99. The second-order valence-corrected chi connectivity index (χ2v) is 7.35. The van der Waals surface area contributed by atoms with E-state index in [-0.39, 0.29) is 17.9 Å². The Kier molecular flexibility index (Phi) is 3.82. The van der Waals surface area contributed by atoms with Crippen LogP contribution in [0.25, 0.3) is 0 Å². The lowest BCUT2D eigenvalue weighted by Crippen LogP contribution is -2.27. The Balaban J connectivity index is 1.51. The third kappa shape index (κ3) is 2.92. The number of hydrogen-bond donors (Lipinski definition) is 3. The van der Waals surface area contributed by atoms with Gasteiger partial charge >= 0.3 is 0 Å². The van der Waals surface area contributed by atoms with E-state index in [0.29, 0.717) is 23.5 Å². The molecule has 2 heterocycles. The maximum atomic E-state index is 12.5. The molecule has 0 radical (unpaired) electrons. The van der Waals surface area contributed by atoms with Crippen molar-refractivity contribution < 1.29 is 9.59 Å². The maximum Gasteiger partial charge on any atom is 0.257 e. The van der Waals surface area contributed by atoms with Crippen molar-refractivity contribution in [2.75, 3.05) is 10.6 Å². The number of aryl methyl sites for hydroxylation is 2. The third-order valence-corrected chi connectivity index (χ3v) is 5.50. The first kappa shape index (κ1) is 15.3. The van der Waals surface area contributed by atoms with E-state index in [4.69, 9.17) is 5.73 Å². The summed E-state index contributed by atoms with van der Waals surface area (Å²) in [5.74, 6) is -0.156. The van der Waals surface area contributed by atoms with Crippen molar-refractivity contribution >= 4 is 34.0 Å². The summed E-state index contributed by atoms with van der Waals surface area (Å²) in [5.41, 5.74) is 9.41. The average molecular weight is 342 g/mol. The van der Waals surface area contributed by atoms with Gasteiger partial charge in [0, 0.05) is 28.6 Å². The molecule has 1 aliphatic heterocycles. The van der Waals surface area contributed by atoms with Crippen LogP contribution in [-0.2, 0) is 24.1 Å². The summed E-state index contributed by atoms with van der Waals surface area (Å²) in [4.78, 5) is 29.6. The van der Waals surface area contributed by atoms with Gasteiger partial charge in [-0.05, 0) is 49.4 Å². The fraction of sp³-hybridized carbons (Fsp3) is 0.353. The smallest absolute Gasteiger partial charge is 0.257 e. The van der Waals surface area contributed by atoms with Crippen LogP contribution in [0.5, 0.6) is 0 Å². The van der Waals surface area contributed by atoms with E-state index in [9.17, 15) is 9.59 Å². The number of nitrogens with two attached hydrogens (primary N) is 1. The van der Waals surface area contributed by atoms with Gasteiger partial charge in [0.05, 0.1) is 5.69 Å². The molecule has 4 rings (SSSR count). The van der Waals surface area contributed by atoms with E-state index in [2.05, 4.69) is 15.6 Å². The topological polar surface area (TPSA) is 97.1 Å². The minimum Gasteiger partial charge on any atom is -0.327 e. The monoisotopic (exact) mass is 342 g/mol. The Labute approximate surface area is 143 Å². The minimum absolute atomic E-state index is 0.0197. The van der Waals surface area contributed by atoms with E-state index in [1.807, 2.05) is 6.07 Å². The van der Waals surface area contributed by atoms with Crippen LogP contribution in [0.2, 0.25) is 0 Å². The van der Waals surface area contributed by atoms with Gasteiger partial charge in [-0.3, -0.25) is 14.9 Å². The van der Waals surface area contributed by atoms with Crippen LogP contribution in [-0.4, -0.2) is 22.8 Å². The first-order chi connectivity index (χ1) is 11.6. The number of fused-ring (bicyclic) bond motifs is 2. The molecule has 7 heteroatoms. The van der Waals surface area contributed by atoms with Crippen LogP contribution in [0, 0.1) is 0 Å². The van der Waals surface area contributed by atoms with Crippen LogP contribution in [0.1, 0.15) is 39.3 Å². The van der Waals surface area contributed by atoms with Gasteiger partial charge in [0.2, 0.25) is 5.91 Å². The highest BCUT2D eigenvalue weighted by molar-refractivity contribution is 7.15. The molecule has 0 saturated carbocycles. The molecule has 2 aromatic rings. The van der Waals surface area contributed by atoms with Crippen LogP contribution in [0.3, 0.4) is 0 Å². The molecule has 0 saturated heterocycles. The van der Waals surface area contributed by atoms with E-state index in [1.165, 1.54) is 16.2 Å². The lowest BCUT2D eigenvalue weighted by atomic mass is 9.99. The van der Waals surface area contributed by atoms with Crippen LogP contribution in [0.4, 0.5) is 10.8 Å². The van der Waals surface area contributed by atoms with E-state index in [0.717, 1.165) is 36.2 Å². The average Bonchev–Trinajstić information content (AvgIpc) is 2.95. The summed E-state index contributed by atoms with van der Waals surface area (Å²) in [6.45, 7) is 0. The van der Waals surface area contributed by atoms with Gasteiger partial charge in [-0.15, -0.1) is 11.3 Å². The summed E-state index contributed by atoms with van der Waals surface area (Å²) in [6, 6.07) is 5.54. The van der Waals surface area contributed by atoms with Gasteiger partial charge in [0.15, 0.2) is 5.13 Å². The first-order valence-electron chi connectivity index (χ1n) is 8.07. The lowest BCUT2D eigenvalue weighted by Gasteiger charge is -2.17. The number of amides is 2. The van der Waals surface area contributed by atoms with Crippen molar-refractivity contribution in [1.29, 1.82) is 0 Å². The highest BCUT2D eigenvalue weighted by atomic mass is 32.1. The van der Waals surface area contributed by atoms with E-state index in [1.54, 1.807) is 12.1 Å². The first-order valence-corrected chi connectivity index (χ1v) is 8.88. The molecular formula is C17H18N4O2S. The zero-order chi connectivity index (χ0) is 16.7. The van der Waals surface area contributed by atoms with Gasteiger partial charge in [0.1, 0.15) is 0 Å². The zero-order valence-corrected chi connectivity index (χ0v) is 13.9. The number of thiazole rings is 1. The minimum atomic E-state index is -0.176. The van der Waals surface area contributed by atoms with Crippen LogP contribution < -0.4 is 16.4 Å². The number of anilines is 2. The van der Waals surface area contributed by atoms with E-state index < -0.39 is 0 Å². The number of rotatable bonds is 2. The summed E-state index contributed by atoms with van der Waals surface area (Å²) < 4.78 is 0. The molecule has 1 aliphatic carbocycles. The third-order valence-electron chi connectivity index (χ3n) is 4.46. The number of carbonyl (C=O) groups is 2. The molecule has 0 unspecified atom stereocenters. The zero-order valence-electron chi connectivity index (χ0n) is 13.1. The number of aromatic nitrogens is 1. The SMILES string of the molecule is N[C@H]1CCc2nc(NC(=O)c3ccc4c(c3)CCC(=O)N4)sc2C1. The van der Waals surface area contributed by atoms with Crippen molar-refractivity contribution in [1.82, 2.24) is 4.98 Å². The Morgan fingerprint density at radius 2 is 2.21 bits per heavy atom. The highest BCUT2D eigenvalue weighted by Gasteiger charge is 2.21. The molecule has 24 heavy (non-hydrogen) atoms. The number of nitrogens with one attached hydrogen (secondary N) is 2. The molecule has 124 valence electrons. The standard InChI is InChI=1S/C17H18N4O2S/c18-11-3-5-13-14(8-11)24-17(20-13)21-16(23)10-1-4-12-9(7-10)2-6-15(22)19-12/h1,4,7,11H,2-3,5-6,8,18H2,(H,19,22)(H,20,21,23)/t11-/m0/s1. The fourth-order valence-electron chi connectivity index (χ4n) is 3.15. The van der Waals surface area contributed by atoms with Crippen molar-refractivity contribution in [2.45, 2.75) is 38.1 Å². The molecule has 1 aromatic carbocycles. The Morgan fingerprint density at radius 1 is 1.33 bits per heavy atom. The number of carbonyl (C=O) groups excluding carboxylic acids is 2. The maximum absolute atomic E-state index is 12.5. The second-order valence-electron chi connectivity index (χ2n) is 6.27. The molecule has 2 amide bonds. The Morgan fingerprint density at radius 3 is 3.08 bits per heavy atom. The van der Waals surface area contributed by atoms with Crippen molar-refractivity contribution in [3.05, 3.63) is 39.9 Å². The molecule has 6 nitrogen and oxygen atoms in total. The molecule has 0 bridgehead atoms. The number of nitrogens with zero attached hydrogens (tertiary/aromatic N) is 1. The predicted molar refractivity (Wildman–Crippen MR) is 93.5 cm³/mol. The Bertz CT molecular complexity index is 830. The lowest BCUT2D eigenvalue weighted by molar-refractivity contribution is -0.116. The van der Waals surface area contributed by atoms with Crippen molar-refractivity contribution in [3.63, 3.8) is 0 Å². The molecule has 2 aliphatic rings. The Hall–Kier alpha value is -2.25. The molecule has 0 spiro atoms. The normalized spacial score (nSPS) is 19.2. The van der Waals surface area contributed by atoms with Crippen LogP contribution >= 0.6 is 11.3 Å². The van der Waals surface area contributed by atoms with Gasteiger partial charge in [-0.25, -0.2) is 4.98 Å². The van der Waals surface area contributed by atoms with Gasteiger partial charge in [-0.2, -0.15) is 0 Å². The quantitative estimate of drug-likeness (QED) is 0.778. The fourth-order valence-corrected chi connectivity index (χ4v) is 4.24.